The second-order valence-electron chi connectivity index (χ2n) is 6.07. The van der Waals surface area contributed by atoms with Crippen LogP contribution in [0.3, 0.4) is 0 Å². The number of nitrogens with zero attached hydrogens (tertiary/aromatic N) is 3. The van der Waals surface area contributed by atoms with Gasteiger partial charge in [-0.05, 0) is 26.0 Å². The maximum atomic E-state index is 12.4. The van der Waals surface area contributed by atoms with Gasteiger partial charge in [0.05, 0.1) is 25.1 Å². The summed E-state index contributed by atoms with van der Waals surface area (Å²) >= 11 is 2.84. The first-order valence-electron chi connectivity index (χ1n) is 8.34. The van der Waals surface area contributed by atoms with Crippen molar-refractivity contribution >= 4 is 39.8 Å². The van der Waals surface area contributed by atoms with E-state index in [-0.39, 0.29) is 18.1 Å². The van der Waals surface area contributed by atoms with Crippen LogP contribution in [0.4, 0.5) is 10.8 Å². The number of anilines is 2. The zero-order valence-electron chi connectivity index (χ0n) is 15.0. The third-order valence-electron chi connectivity index (χ3n) is 3.82. The van der Waals surface area contributed by atoms with E-state index in [0.717, 1.165) is 15.8 Å². The minimum Gasteiger partial charge on any atom is -0.497 e. The van der Waals surface area contributed by atoms with Gasteiger partial charge in [-0.2, -0.15) is 0 Å². The summed E-state index contributed by atoms with van der Waals surface area (Å²) in [7, 11) is 1.63. The van der Waals surface area contributed by atoms with Crippen LogP contribution in [-0.2, 0) is 9.53 Å². The van der Waals surface area contributed by atoms with Crippen LogP contribution in [-0.4, -0.2) is 59.2 Å². The van der Waals surface area contributed by atoms with Gasteiger partial charge in [-0.3, -0.25) is 4.79 Å². The van der Waals surface area contributed by atoms with E-state index >= 15 is 0 Å². The number of thioether (sulfide) groups is 1. The highest BCUT2D eigenvalue weighted by Crippen LogP contribution is 2.29. The number of aromatic nitrogens is 2. The molecule has 140 valence electrons. The van der Waals surface area contributed by atoms with Crippen LogP contribution in [0.5, 0.6) is 5.75 Å². The molecule has 0 spiro atoms. The van der Waals surface area contributed by atoms with Gasteiger partial charge in [-0.25, -0.2) is 0 Å². The molecule has 1 N–H and O–H groups in total. The molecule has 3 rings (SSSR count). The van der Waals surface area contributed by atoms with Gasteiger partial charge < -0.3 is 19.7 Å². The first kappa shape index (κ1) is 18.9. The van der Waals surface area contributed by atoms with Crippen LogP contribution in [0.2, 0.25) is 0 Å². The Morgan fingerprint density at radius 2 is 2.15 bits per heavy atom. The Labute approximate surface area is 161 Å². The fourth-order valence-electron chi connectivity index (χ4n) is 2.74. The van der Waals surface area contributed by atoms with E-state index in [2.05, 4.69) is 15.5 Å². The second-order valence-corrected chi connectivity index (χ2v) is 8.27. The highest BCUT2D eigenvalue weighted by atomic mass is 32.2. The number of methoxy groups -OCH3 is 1. The fourth-order valence-corrected chi connectivity index (χ4v) is 4.41. The number of morpholine rings is 1. The molecule has 1 aliphatic rings. The quantitative estimate of drug-likeness (QED) is 0.755. The van der Waals surface area contributed by atoms with Gasteiger partial charge in [0, 0.05) is 24.8 Å². The molecule has 2 aromatic rings. The van der Waals surface area contributed by atoms with Crippen molar-refractivity contribution in [3.63, 3.8) is 0 Å². The molecule has 1 aliphatic heterocycles. The molecule has 1 amide bonds. The highest BCUT2D eigenvalue weighted by Gasteiger charge is 2.25. The predicted molar refractivity (Wildman–Crippen MR) is 103 cm³/mol. The third kappa shape index (κ3) is 5.09. The van der Waals surface area contributed by atoms with Gasteiger partial charge in [-0.15, -0.1) is 10.2 Å². The van der Waals surface area contributed by atoms with Crippen molar-refractivity contribution in [2.75, 3.05) is 31.3 Å². The van der Waals surface area contributed by atoms with Crippen molar-refractivity contribution < 1.29 is 14.3 Å². The second kappa shape index (κ2) is 8.70. The van der Waals surface area contributed by atoms with E-state index in [1.807, 2.05) is 43.0 Å². The molecule has 2 heterocycles. The summed E-state index contributed by atoms with van der Waals surface area (Å²) in [6.07, 6.45) is 0.154. The summed E-state index contributed by atoms with van der Waals surface area (Å²) in [4.78, 5) is 14.3. The SMILES string of the molecule is COc1cccc(Nc2nnc(SCC(=O)N3C[C@H](C)O[C@@H](C)C3)s2)c1. The summed E-state index contributed by atoms with van der Waals surface area (Å²) in [5, 5.41) is 12.2. The Bertz CT molecular complexity index is 745. The molecule has 0 bridgehead atoms. The van der Waals surface area contributed by atoms with Gasteiger partial charge >= 0.3 is 0 Å². The summed E-state index contributed by atoms with van der Waals surface area (Å²) in [6.45, 7) is 5.26. The van der Waals surface area contributed by atoms with Gasteiger partial charge in [-0.1, -0.05) is 29.2 Å². The third-order valence-corrected chi connectivity index (χ3v) is 5.78. The number of carbonyl (C=O) groups is 1. The molecule has 1 aromatic carbocycles. The van der Waals surface area contributed by atoms with Crippen molar-refractivity contribution in [1.82, 2.24) is 15.1 Å². The largest absolute Gasteiger partial charge is 0.497 e. The van der Waals surface area contributed by atoms with E-state index in [1.54, 1.807) is 7.11 Å². The Kier molecular flexibility index (Phi) is 6.33. The minimum atomic E-state index is 0.0768. The molecule has 7 nitrogen and oxygen atoms in total. The number of rotatable bonds is 6. The molecule has 26 heavy (non-hydrogen) atoms. The van der Waals surface area contributed by atoms with Gasteiger partial charge in [0.25, 0.3) is 0 Å². The Hall–Kier alpha value is -1.84. The molecule has 2 atom stereocenters. The molecular weight excluding hydrogens is 372 g/mol. The fraction of sp³-hybridized carbons (Fsp3) is 0.471. The van der Waals surface area contributed by atoms with Gasteiger partial charge in [0.2, 0.25) is 11.0 Å². The molecular formula is C17H22N4O3S2. The summed E-state index contributed by atoms with van der Waals surface area (Å²) in [5.74, 6) is 1.23. The van der Waals surface area contributed by atoms with Crippen molar-refractivity contribution in [3.8, 4) is 5.75 Å². The van der Waals surface area contributed by atoms with Gasteiger partial charge in [0.1, 0.15) is 5.75 Å². The maximum Gasteiger partial charge on any atom is 0.233 e. The molecule has 9 heteroatoms. The molecule has 1 saturated heterocycles. The highest BCUT2D eigenvalue weighted by molar-refractivity contribution is 8.01. The first-order valence-corrected chi connectivity index (χ1v) is 10.1. The van der Waals surface area contributed by atoms with Crippen LogP contribution < -0.4 is 10.1 Å². The van der Waals surface area contributed by atoms with E-state index < -0.39 is 0 Å². The number of nitrogens with one attached hydrogen (secondary N) is 1. The zero-order chi connectivity index (χ0) is 18.5. The van der Waals surface area contributed by atoms with Crippen LogP contribution in [0.1, 0.15) is 13.8 Å². The topological polar surface area (TPSA) is 76.6 Å². The number of hydrogen-bond donors (Lipinski definition) is 1. The number of carbonyl (C=O) groups excluding carboxylic acids is 1. The predicted octanol–water partition coefficient (Wildman–Crippen LogP) is 3.02. The maximum absolute atomic E-state index is 12.4. The molecule has 0 radical (unpaired) electrons. The average Bonchev–Trinajstić information content (AvgIpc) is 3.06. The van der Waals surface area contributed by atoms with Gasteiger partial charge in [0.15, 0.2) is 4.34 Å². The summed E-state index contributed by atoms with van der Waals surface area (Å²) in [5.41, 5.74) is 0.879. The number of ether oxygens (including phenoxy) is 2. The summed E-state index contributed by atoms with van der Waals surface area (Å²) < 4.78 is 11.6. The van der Waals surface area contributed by atoms with Crippen molar-refractivity contribution in [1.29, 1.82) is 0 Å². The lowest BCUT2D eigenvalue weighted by atomic mass is 10.2. The Morgan fingerprint density at radius 1 is 1.38 bits per heavy atom. The molecule has 0 unspecified atom stereocenters. The van der Waals surface area contributed by atoms with E-state index in [4.69, 9.17) is 9.47 Å². The monoisotopic (exact) mass is 394 g/mol. The van der Waals surface area contributed by atoms with E-state index in [9.17, 15) is 4.79 Å². The Balaban J connectivity index is 1.52. The van der Waals surface area contributed by atoms with E-state index in [1.165, 1.54) is 23.1 Å². The lowest BCUT2D eigenvalue weighted by molar-refractivity contribution is -0.140. The molecule has 1 fully saturated rings. The van der Waals surface area contributed by atoms with Crippen LogP contribution in [0.15, 0.2) is 28.6 Å². The van der Waals surface area contributed by atoms with Crippen LogP contribution in [0.25, 0.3) is 0 Å². The van der Waals surface area contributed by atoms with Crippen molar-refractivity contribution in [2.24, 2.45) is 0 Å². The molecule has 0 aliphatic carbocycles. The van der Waals surface area contributed by atoms with Crippen molar-refractivity contribution in [2.45, 2.75) is 30.4 Å². The Morgan fingerprint density at radius 3 is 2.88 bits per heavy atom. The lowest BCUT2D eigenvalue weighted by Gasteiger charge is -2.35. The average molecular weight is 395 g/mol. The van der Waals surface area contributed by atoms with Crippen LogP contribution >= 0.6 is 23.1 Å². The standard InChI is InChI=1S/C17H22N4O3S2/c1-11-8-21(9-12(2)24-11)15(22)10-25-17-20-19-16(26-17)18-13-5-4-6-14(7-13)23-3/h4-7,11-12H,8-10H2,1-3H3,(H,18,19)/t11-,12-/m0/s1. The number of benzene rings is 1. The zero-order valence-corrected chi connectivity index (χ0v) is 16.6. The summed E-state index contributed by atoms with van der Waals surface area (Å²) in [6, 6.07) is 7.60. The van der Waals surface area contributed by atoms with Crippen LogP contribution in [0, 0.1) is 0 Å². The number of hydrogen-bond acceptors (Lipinski definition) is 8. The van der Waals surface area contributed by atoms with E-state index in [0.29, 0.717) is 24.0 Å². The first-order chi connectivity index (χ1) is 12.5. The normalized spacial score (nSPS) is 20.0. The number of amides is 1. The molecule has 0 saturated carbocycles. The smallest absolute Gasteiger partial charge is 0.233 e. The lowest BCUT2D eigenvalue weighted by Crippen LogP contribution is -2.48. The van der Waals surface area contributed by atoms with Crippen molar-refractivity contribution in [3.05, 3.63) is 24.3 Å². The minimum absolute atomic E-state index is 0.0768. The molecule has 1 aromatic heterocycles.